The van der Waals surface area contributed by atoms with Crippen LogP contribution in [0.5, 0.6) is 0 Å². The van der Waals surface area contributed by atoms with Gasteiger partial charge < -0.3 is 5.32 Å². The van der Waals surface area contributed by atoms with Gasteiger partial charge in [0.15, 0.2) is 0 Å². The minimum absolute atomic E-state index is 0.865. The molecule has 96 valence electrons. The predicted molar refractivity (Wildman–Crippen MR) is 72.9 cm³/mol. The Hall–Kier alpha value is -0.0400. The average molecular weight is 225 g/mol. The third kappa shape index (κ3) is 7.27. The second kappa shape index (κ2) is 10.1. The maximum absolute atomic E-state index is 3.58. The fourth-order valence-electron chi connectivity index (χ4n) is 2.70. The van der Waals surface area contributed by atoms with Crippen molar-refractivity contribution in [2.24, 2.45) is 0 Å². The van der Waals surface area contributed by atoms with Crippen LogP contribution in [0.15, 0.2) is 0 Å². The van der Waals surface area contributed by atoms with Crippen molar-refractivity contribution in [3.63, 3.8) is 0 Å². The van der Waals surface area contributed by atoms with Gasteiger partial charge in [-0.25, -0.2) is 0 Å². The van der Waals surface area contributed by atoms with Crippen LogP contribution in [-0.4, -0.2) is 12.6 Å². The summed E-state index contributed by atoms with van der Waals surface area (Å²) in [6.45, 7) is 3.55. The molecule has 0 bridgehead atoms. The van der Waals surface area contributed by atoms with Crippen LogP contribution in [0.25, 0.3) is 0 Å². The Balaban J connectivity index is 1.71. The molecule has 1 N–H and O–H groups in total. The Bertz CT molecular complexity index is 138. The molecule has 1 atom stereocenters. The molecule has 0 aromatic heterocycles. The molecule has 1 saturated heterocycles. The Labute approximate surface area is 102 Å². The first-order valence-electron chi connectivity index (χ1n) is 7.67. The SMILES string of the molecule is CCCCCCCCCCC[C@H]1CCCN1. The molecule has 1 rings (SSSR count). The van der Waals surface area contributed by atoms with Crippen molar-refractivity contribution in [1.29, 1.82) is 0 Å². The zero-order chi connectivity index (χ0) is 11.5. The molecule has 0 unspecified atom stereocenters. The van der Waals surface area contributed by atoms with Gasteiger partial charge in [-0.15, -0.1) is 0 Å². The highest BCUT2D eigenvalue weighted by molar-refractivity contribution is 4.73. The summed E-state index contributed by atoms with van der Waals surface area (Å²) in [5, 5.41) is 3.58. The molecular formula is C15H31N. The van der Waals surface area contributed by atoms with Gasteiger partial charge in [-0.1, -0.05) is 64.7 Å². The molecule has 0 aromatic rings. The second-order valence-corrected chi connectivity index (χ2v) is 5.41. The van der Waals surface area contributed by atoms with Crippen LogP contribution in [0.3, 0.4) is 0 Å². The van der Waals surface area contributed by atoms with E-state index in [1.807, 2.05) is 0 Å². The molecular weight excluding hydrogens is 194 g/mol. The minimum atomic E-state index is 0.865. The maximum Gasteiger partial charge on any atom is 0.00675 e. The quantitative estimate of drug-likeness (QED) is 0.533. The average Bonchev–Trinajstić information content (AvgIpc) is 2.80. The lowest BCUT2D eigenvalue weighted by molar-refractivity contribution is 0.499. The number of nitrogens with one attached hydrogen (secondary N) is 1. The van der Waals surface area contributed by atoms with Crippen molar-refractivity contribution in [2.75, 3.05) is 6.54 Å². The van der Waals surface area contributed by atoms with Gasteiger partial charge in [0.1, 0.15) is 0 Å². The van der Waals surface area contributed by atoms with E-state index in [-0.39, 0.29) is 0 Å². The van der Waals surface area contributed by atoms with Gasteiger partial charge >= 0.3 is 0 Å². The number of hydrogen-bond donors (Lipinski definition) is 1. The fourth-order valence-corrected chi connectivity index (χ4v) is 2.70. The predicted octanol–water partition coefficient (Wildman–Crippen LogP) is 4.66. The molecule has 1 aliphatic heterocycles. The summed E-state index contributed by atoms with van der Waals surface area (Å²) in [4.78, 5) is 0. The first kappa shape index (κ1) is 14.0. The fraction of sp³-hybridized carbons (Fsp3) is 1.00. The van der Waals surface area contributed by atoms with Crippen LogP contribution >= 0.6 is 0 Å². The first-order chi connectivity index (χ1) is 7.93. The van der Waals surface area contributed by atoms with Crippen LogP contribution in [0.4, 0.5) is 0 Å². The molecule has 1 aliphatic rings. The standard InChI is InChI=1S/C15H31N/c1-2-3-4-5-6-7-8-9-10-12-15-13-11-14-16-15/h15-16H,2-14H2,1H3/t15-/m0/s1. The van der Waals surface area contributed by atoms with Crippen molar-refractivity contribution in [3.8, 4) is 0 Å². The van der Waals surface area contributed by atoms with E-state index in [2.05, 4.69) is 12.2 Å². The number of rotatable bonds is 10. The van der Waals surface area contributed by atoms with E-state index in [9.17, 15) is 0 Å². The van der Waals surface area contributed by atoms with Crippen molar-refractivity contribution < 1.29 is 0 Å². The van der Waals surface area contributed by atoms with Gasteiger partial charge in [0.25, 0.3) is 0 Å². The molecule has 1 heterocycles. The smallest absolute Gasteiger partial charge is 0.00675 e. The van der Waals surface area contributed by atoms with Crippen molar-refractivity contribution >= 4 is 0 Å². The molecule has 0 aromatic carbocycles. The van der Waals surface area contributed by atoms with E-state index in [0.717, 1.165) is 6.04 Å². The molecule has 0 aliphatic carbocycles. The first-order valence-corrected chi connectivity index (χ1v) is 7.67. The zero-order valence-corrected chi connectivity index (χ0v) is 11.3. The maximum atomic E-state index is 3.58. The van der Waals surface area contributed by atoms with Crippen LogP contribution in [-0.2, 0) is 0 Å². The Morgan fingerprint density at radius 2 is 1.50 bits per heavy atom. The van der Waals surface area contributed by atoms with Gasteiger partial charge in [-0.05, 0) is 25.8 Å². The van der Waals surface area contributed by atoms with Crippen LogP contribution in [0.1, 0.15) is 84.0 Å². The van der Waals surface area contributed by atoms with Gasteiger partial charge in [-0.3, -0.25) is 0 Å². The summed E-state index contributed by atoms with van der Waals surface area (Å²) >= 11 is 0. The van der Waals surface area contributed by atoms with Crippen molar-refractivity contribution in [2.45, 2.75) is 90.0 Å². The van der Waals surface area contributed by atoms with Crippen LogP contribution in [0.2, 0.25) is 0 Å². The van der Waals surface area contributed by atoms with E-state index in [1.54, 1.807) is 0 Å². The lowest BCUT2D eigenvalue weighted by atomic mass is 10.0. The molecule has 0 amide bonds. The summed E-state index contributed by atoms with van der Waals surface area (Å²) in [7, 11) is 0. The summed E-state index contributed by atoms with van der Waals surface area (Å²) in [6.07, 6.45) is 17.3. The molecule has 1 heteroatoms. The minimum Gasteiger partial charge on any atom is -0.314 e. The van der Waals surface area contributed by atoms with Crippen LogP contribution < -0.4 is 5.32 Å². The summed E-state index contributed by atoms with van der Waals surface area (Å²) in [6, 6.07) is 0.865. The highest BCUT2D eigenvalue weighted by Crippen LogP contribution is 2.15. The molecule has 16 heavy (non-hydrogen) atoms. The van der Waals surface area contributed by atoms with Gasteiger partial charge in [-0.2, -0.15) is 0 Å². The molecule has 1 nitrogen and oxygen atoms in total. The van der Waals surface area contributed by atoms with Gasteiger partial charge in [0.2, 0.25) is 0 Å². The number of unbranched alkanes of at least 4 members (excludes halogenated alkanes) is 8. The monoisotopic (exact) mass is 225 g/mol. The largest absolute Gasteiger partial charge is 0.314 e. The normalized spacial score (nSPS) is 20.4. The highest BCUT2D eigenvalue weighted by atomic mass is 14.9. The van der Waals surface area contributed by atoms with Crippen molar-refractivity contribution in [1.82, 2.24) is 5.32 Å². The van der Waals surface area contributed by atoms with E-state index < -0.39 is 0 Å². The lowest BCUT2D eigenvalue weighted by Gasteiger charge is -2.09. The second-order valence-electron chi connectivity index (χ2n) is 5.41. The third-order valence-electron chi connectivity index (χ3n) is 3.82. The highest BCUT2D eigenvalue weighted by Gasteiger charge is 2.12. The van der Waals surface area contributed by atoms with Crippen LogP contribution in [0, 0.1) is 0 Å². The third-order valence-corrected chi connectivity index (χ3v) is 3.82. The molecule has 1 fully saturated rings. The van der Waals surface area contributed by atoms with Gasteiger partial charge in [0.05, 0.1) is 0 Å². The van der Waals surface area contributed by atoms with E-state index in [1.165, 1.54) is 83.6 Å². The molecule has 0 radical (unpaired) electrons. The Morgan fingerprint density at radius 3 is 2.06 bits per heavy atom. The van der Waals surface area contributed by atoms with E-state index >= 15 is 0 Å². The molecule has 0 spiro atoms. The Morgan fingerprint density at radius 1 is 0.875 bits per heavy atom. The number of hydrogen-bond acceptors (Lipinski definition) is 1. The zero-order valence-electron chi connectivity index (χ0n) is 11.3. The Kier molecular flexibility index (Phi) is 8.88. The summed E-state index contributed by atoms with van der Waals surface area (Å²) < 4.78 is 0. The molecule has 0 saturated carbocycles. The van der Waals surface area contributed by atoms with E-state index in [0.29, 0.717) is 0 Å². The summed E-state index contributed by atoms with van der Waals surface area (Å²) in [5.41, 5.74) is 0. The van der Waals surface area contributed by atoms with Gasteiger partial charge in [0, 0.05) is 6.04 Å². The summed E-state index contributed by atoms with van der Waals surface area (Å²) in [5.74, 6) is 0. The topological polar surface area (TPSA) is 12.0 Å². The lowest BCUT2D eigenvalue weighted by Crippen LogP contribution is -2.20. The van der Waals surface area contributed by atoms with E-state index in [4.69, 9.17) is 0 Å². The van der Waals surface area contributed by atoms with Crippen molar-refractivity contribution in [3.05, 3.63) is 0 Å².